The van der Waals surface area contributed by atoms with Gasteiger partial charge in [0.15, 0.2) is 5.78 Å². The number of hydrogen-bond donors (Lipinski definition) is 3. The first kappa shape index (κ1) is 41.3. The number of carbonyl (C=O) groups is 4. The summed E-state index contributed by atoms with van der Waals surface area (Å²) in [4.78, 5) is 55.1. The van der Waals surface area contributed by atoms with Gasteiger partial charge in [-0.3, -0.25) is 19.5 Å². The molecule has 0 aliphatic heterocycles. The maximum Gasteiger partial charge on any atom is 0.407 e. The molecule has 0 saturated heterocycles. The summed E-state index contributed by atoms with van der Waals surface area (Å²) in [6.45, 7) is 15.3. The van der Waals surface area contributed by atoms with Crippen molar-refractivity contribution in [3.05, 3.63) is 83.6 Å². The third-order valence-corrected chi connectivity index (χ3v) is 10.8. The number of carbonyl (C=O) groups excluding carboxylic acids is 4. The Balaban J connectivity index is 1.23. The molecule has 2 amide bonds. The van der Waals surface area contributed by atoms with Gasteiger partial charge in [0.1, 0.15) is 11.4 Å². The monoisotopic (exact) mass is 749 g/mol. The van der Waals surface area contributed by atoms with Crippen molar-refractivity contribution in [2.45, 2.75) is 98.5 Å². The molecule has 4 aromatic rings. The van der Waals surface area contributed by atoms with E-state index in [1.54, 1.807) is 6.20 Å². The van der Waals surface area contributed by atoms with Crippen LogP contribution in [0.4, 0.5) is 10.5 Å². The van der Waals surface area contributed by atoms with E-state index in [9.17, 15) is 19.2 Å². The average molecular weight is 750 g/mol. The van der Waals surface area contributed by atoms with E-state index in [0.717, 1.165) is 90.5 Å². The van der Waals surface area contributed by atoms with Gasteiger partial charge in [-0.05, 0) is 138 Å². The Morgan fingerprint density at radius 1 is 0.945 bits per heavy atom. The van der Waals surface area contributed by atoms with Gasteiger partial charge in [-0.1, -0.05) is 50.2 Å². The minimum Gasteiger partial charge on any atom is -0.444 e. The largest absolute Gasteiger partial charge is 0.444 e. The summed E-state index contributed by atoms with van der Waals surface area (Å²) in [7, 11) is 0. The molecule has 1 saturated carbocycles. The molecule has 5 rings (SSSR count). The molecule has 294 valence electrons. The Morgan fingerprint density at radius 3 is 2.35 bits per heavy atom. The zero-order chi connectivity index (χ0) is 39.5. The van der Waals surface area contributed by atoms with Gasteiger partial charge in [0.25, 0.3) is 0 Å². The number of aromatic nitrogens is 2. The molecule has 1 aromatic heterocycles. The number of nitrogens with zero attached hydrogens (tertiary/aromatic N) is 2. The van der Waals surface area contributed by atoms with E-state index >= 15 is 0 Å². The van der Waals surface area contributed by atoms with Crippen molar-refractivity contribution < 1.29 is 23.9 Å². The van der Waals surface area contributed by atoms with Gasteiger partial charge in [-0.2, -0.15) is 5.10 Å². The van der Waals surface area contributed by atoms with E-state index in [1.807, 2.05) is 76.2 Å². The summed E-state index contributed by atoms with van der Waals surface area (Å²) in [6, 6.07) is 19.7. The topological polar surface area (TPSA) is 133 Å². The van der Waals surface area contributed by atoms with E-state index in [-0.39, 0.29) is 35.7 Å². The fraction of sp³-hybridized carbons (Fsp3) is 0.489. The smallest absolute Gasteiger partial charge is 0.407 e. The van der Waals surface area contributed by atoms with E-state index in [2.05, 4.69) is 51.7 Å². The quantitative estimate of drug-likeness (QED) is 0.0919. The van der Waals surface area contributed by atoms with Crippen LogP contribution in [0.2, 0.25) is 0 Å². The van der Waals surface area contributed by atoms with Crippen molar-refractivity contribution in [1.29, 1.82) is 0 Å². The first-order valence-electron chi connectivity index (χ1n) is 20.0. The number of ketones is 2. The molecule has 10 nitrogen and oxygen atoms in total. The molecule has 3 aromatic carbocycles. The molecule has 1 heterocycles. The molecule has 55 heavy (non-hydrogen) atoms. The summed E-state index contributed by atoms with van der Waals surface area (Å²) in [6.07, 6.45) is 6.40. The molecule has 1 aliphatic carbocycles. The lowest BCUT2D eigenvalue weighted by Gasteiger charge is -2.29. The van der Waals surface area contributed by atoms with Gasteiger partial charge in [-0.15, -0.1) is 0 Å². The third kappa shape index (κ3) is 12.1. The maximum atomic E-state index is 13.9. The van der Waals surface area contributed by atoms with Crippen molar-refractivity contribution in [2.24, 2.45) is 17.8 Å². The fourth-order valence-electron chi connectivity index (χ4n) is 7.57. The maximum absolute atomic E-state index is 13.9. The van der Waals surface area contributed by atoms with Crippen molar-refractivity contribution in [2.75, 3.05) is 31.5 Å². The van der Waals surface area contributed by atoms with Gasteiger partial charge in [0, 0.05) is 47.9 Å². The van der Waals surface area contributed by atoms with E-state index in [0.29, 0.717) is 25.1 Å². The molecule has 0 spiro atoms. The third-order valence-electron chi connectivity index (χ3n) is 10.8. The second-order valence-corrected chi connectivity index (χ2v) is 16.1. The van der Waals surface area contributed by atoms with Crippen LogP contribution in [-0.4, -0.2) is 70.4 Å². The van der Waals surface area contributed by atoms with Crippen LogP contribution in [0, 0.1) is 24.7 Å². The summed E-state index contributed by atoms with van der Waals surface area (Å²) < 4.78 is 5.37. The number of hydrogen-bond acceptors (Lipinski definition) is 7. The van der Waals surface area contributed by atoms with Crippen LogP contribution in [0.3, 0.4) is 0 Å². The number of alkyl carbamates (subject to hydrolysis) is 1. The Hall–Kier alpha value is -4.83. The zero-order valence-corrected chi connectivity index (χ0v) is 33.5. The lowest BCUT2D eigenvalue weighted by molar-refractivity contribution is -0.129. The predicted molar refractivity (Wildman–Crippen MR) is 219 cm³/mol. The van der Waals surface area contributed by atoms with Crippen molar-refractivity contribution in [3.8, 4) is 11.1 Å². The first-order chi connectivity index (χ1) is 26.3. The summed E-state index contributed by atoms with van der Waals surface area (Å²) >= 11 is 0. The molecule has 10 heteroatoms. The van der Waals surface area contributed by atoms with Crippen LogP contribution in [0.5, 0.6) is 0 Å². The second-order valence-electron chi connectivity index (χ2n) is 16.1. The number of nitrogens with one attached hydrogen (secondary N) is 3. The normalized spacial score (nSPS) is 16.5. The molecule has 0 unspecified atom stereocenters. The molecule has 3 N–H and O–H groups in total. The van der Waals surface area contributed by atoms with Crippen LogP contribution in [0.1, 0.15) is 101 Å². The second kappa shape index (κ2) is 19.2. The number of ether oxygens (including phenoxy) is 1. The minimum absolute atomic E-state index is 0.109. The van der Waals surface area contributed by atoms with Gasteiger partial charge in [0.2, 0.25) is 5.91 Å². The summed E-state index contributed by atoms with van der Waals surface area (Å²) in [5, 5.41) is 13.9. The number of aromatic amines is 1. The number of benzene rings is 3. The summed E-state index contributed by atoms with van der Waals surface area (Å²) in [5.74, 6) is -0.302. The van der Waals surface area contributed by atoms with Gasteiger partial charge >= 0.3 is 6.09 Å². The Morgan fingerprint density at radius 2 is 1.67 bits per heavy atom. The minimum atomic E-state index is -0.559. The van der Waals surface area contributed by atoms with Crippen molar-refractivity contribution >= 4 is 40.2 Å². The van der Waals surface area contributed by atoms with Crippen LogP contribution in [0.15, 0.2) is 66.9 Å². The molecular formula is C45H59N5O5. The molecule has 1 aliphatic rings. The Kier molecular flexibility index (Phi) is 14.4. The van der Waals surface area contributed by atoms with E-state index in [4.69, 9.17) is 4.74 Å². The number of H-pyrrole nitrogens is 1. The Labute approximate surface area is 326 Å². The Bertz CT molecular complexity index is 1920. The predicted octanol–water partition coefficient (Wildman–Crippen LogP) is 8.93. The number of rotatable bonds is 17. The highest BCUT2D eigenvalue weighted by molar-refractivity contribution is 5.98. The highest BCUT2D eigenvalue weighted by Crippen LogP contribution is 2.32. The van der Waals surface area contributed by atoms with Crippen molar-refractivity contribution in [3.63, 3.8) is 0 Å². The standard InChI is InChI=1S/C45H59N5O5/c1-7-50(8-2)23-9-10-41(51)35-20-22-39(30(3)24-35)33-15-11-31(12-16-33)25-37(43(53)48-38-21-19-36-29-47-49-40(36)27-38)26-42(52)34-17-13-32(14-18-34)28-46-44(54)55-45(4,5)6/h11-12,15-16,19-22,24,27,29,32,34,37H,7-10,13-14,17-18,23,25-26,28H2,1-6H3,(H,46,54)(H,47,49)(H,48,53)/t32?,34?,37-/m1/s1. The number of fused-ring (bicyclic) bond motifs is 1. The highest BCUT2D eigenvalue weighted by atomic mass is 16.6. The van der Waals surface area contributed by atoms with Gasteiger partial charge < -0.3 is 20.3 Å². The average Bonchev–Trinajstić information content (AvgIpc) is 3.63. The molecule has 1 atom stereocenters. The number of anilines is 1. The van der Waals surface area contributed by atoms with Crippen LogP contribution < -0.4 is 10.6 Å². The van der Waals surface area contributed by atoms with Crippen LogP contribution in [-0.2, 0) is 20.7 Å². The number of Topliss-reactive ketones (excluding diaryl/α,β-unsaturated/α-hetero) is 2. The summed E-state index contributed by atoms with van der Waals surface area (Å²) in [5.41, 5.74) is 5.75. The lowest BCUT2D eigenvalue weighted by Crippen LogP contribution is -2.37. The SMILES string of the molecule is CCN(CC)CCCC(=O)c1ccc(-c2ccc(C[C@H](CC(=O)C3CCC(CNC(=O)OC(C)(C)C)CC3)C(=O)Nc3ccc4cn[nH]c4c3)cc2)c(C)c1. The van der Waals surface area contributed by atoms with Gasteiger partial charge in [-0.25, -0.2) is 4.79 Å². The van der Waals surface area contributed by atoms with Gasteiger partial charge in [0.05, 0.1) is 11.7 Å². The molecular weight excluding hydrogens is 691 g/mol. The molecule has 1 fully saturated rings. The number of amides is 2. The fourth-order valence-corrected chi connectivity index (χ4v) is 7.57. The molecule has 0 radical (unpaired) electrons. The highest BCUT2D eigenvalue weighted by Gasteiger charge is 2.31. The van der Waals surface area contributed by atoms with Crippen LogP contribution >= 0.6 is 0 Å². The van der Waals surface area contributed by atoms with E-state index < -0.39 is 17.6 Å². The van der Waals surface area contributed by atoms with E-state index in [1.165, 1.54) is 0 Å². The van der Waals surface area contributed by atoms with Crippen molar-refractivity contribution in [1.82, 2.24) is 20.4 Å². The van der Waals surface area contributed by atoms with Crippen LogP contribution in [0.25, 0.3) is 22.0 Å². The molecule has 0 bridgehead atoms. The first-order valence-corrected chi connectivity index (χ1v) is 20.0. The number of aryl methyl sites for hydroxylation is 1. The zero-order valence-electron chi connectivity index (χ0n) is 33.5. The lowest BCUT2D eigenvalue weighted by atomic mass is 9.77.